The zero-order valence-electron chi connectivity index (χ0n) is 18.2. The first-order chi connectivity index (χ1) is 14.1. The molecule has 0 saturated heterocycles. The van der Waals surface area contributed by atoms with Gasteiger partial charge in [-0.2, -0.15) is 0 Å². The third kappa shape index (κ3) is 8.22. The second kappa shape index (κ2) is 13.8. The fourth-order valence-electron chi connectivity index (χ4n) is 2.99. The molecule has 0 atom stereocenters. The Morgan fingerprint density at radius 2 is 1.87 bits per heavy atom. The molecule has 0 aliphatic heterocycles. The molecule has 30 heavy (non-hydrogen) atoms. The molecule has 3 N–H and O–H groups in total. The van der Waals surface area contributed by atoms with Crippen LogP contribution < -0.4 is 20.7 Å². The lowest BCUT2D eigenvalue weighted by molar-refractivity contribution is 0.0953. The molecular formula is C23H33IN4O2. The van der Waals surface area contributed by atoms with E-state index in [2.05, 4.69) is 33.9 Å². The van der Waals surface area contributed by atoms with Crippen molar-refractivity contribution in [2.75, 3.05) is 27.2 Å². The molecule has 0 aromatic heterocycles. The van der Waals surface area contributed by atoms with Crippen LogP contribution in [0.4, 0.5) is 0 Å². The Morgan fingerprint density at radius 1 is 1.07 bits per heavy atom. The van der Waals surface area contributed by atoms with Crippen LogP contribution in [-0.2, 0) is 13.0 Å². The number of nitrogens with zero attached hydrogens (tertiary/aromatic N) is 1. The van der Waals surface area contributed by atoms with Crippen molar-refractivity contribution < 1.29 is 9.53 Å². The van der Waals surface area contributed by atoms with E-state index >= 15 is 0 Å². The molecule has 0 spiro atoms. The normalized spacial score (nSPS) is 10.7. The van der Waals surface area contributed by atoms with Crippen molar-refractivity contribution in [3.8, 4) is 5.75 Å². The highest BCUT2D eigenvalue weighted by Gasteiger charge is 2.07. The number of halogens is 1. The van der Waals surface area contributed by atoms with Gasteiger partial charge in [-0.15, -0.1) is 24.0 Å². The average molecular weight is 524 g/mol. The molecule has 6 nitrogen and oxygen atoms in total. The van der Waals surface area contributed by atoms with E-state index in [1.807, 2.05) is 43.3 Å². The van der Waals surface area contributed by atoms with Gasteiger partial charge in [0.05, 0.1) is 7.11 Å². The Morgan fingerprint density at radius 3 is 2.57 bits per heavy atom. The maximum Gasteiger partial charge on any atom is 0.251 e. The SMILES string of the molecule is CCCNC(=O)c1cccc(CNC(=NC)NCCc2cc(C)ccc2OC)c1.I. The number of amides is 1. The van der Waals surface area contributed by atoms with Gasteiger partial charge in [0.1, 0.15) is 5.75 Å². The number of benzene rings is 2. The Balaban J connectivity index is 0.00000450. The molecule has 1 amide bonds. The zero-order chi connectivity index (χ0) is 21.1. The van der Waals surface area contributed by atoms with Crippen molar-refractivity contribution in [3.05, 3.63) is 64.7 Å². The van der Waals surface area contributed by atoms with E-state index in [0.29, 0.717) is 18.7 Å². The number of guanidine groups is 1. The summed E-state index contributed by atoms with van der Waals surface area (Å²) in [5.41, 5.74) is 4.08. The van der Waals surface area contributed by atoms with Gasteiger partial charge in [-0.05, 0) is 49.1 Å². The average Bonchev–Trinajstić information content (AvgIpc) is 2.74. The number of aryl methyl sites for hydroxylation is 1. The van der Waals surface area contributed by atoms with Gasteiger partial charge in [-0.25, -0.2) is 0 Å². The van der Waals surface area contributed by atoms with Crippen molar-refractivity contribution in [2.45, 2.75) is 33.2 Å². The maximum absolute atomic E-state index is 12.1. The first kappa shape index (κ1) is 25.7. The van der Waals surface area contributed by atoms with Gasteiger partial charge in [0, 0.05) is 32.2 Å². The smallest absolute Gasteiger partial charge is 0.251 e. The molecule has 0 fully saturated rings. The quantitative estimate of drug-likeness (QED) is 0.266. The lowest BCUT2D eigenvalue weighted by Crippen LogP contribution is -2.38. The first-order valence-corrected chi connectivity index (χ1v) is 10.0. The predicted molar refractivity (Wildman–Crippen MR) is 134 cm³/mol. The highest BCUT2D eigenvalue weighted by Crippen LogP contribution is 2.19. The Kier molecular flexibility index (Phi) is 11.9. The van der Waals surface area contributed by atoms with Gasteiger partial charge in [-0.1, -0.05) is 36.8 Å². The van der Waals surface area contributed by atoms with Gasteiger partial charge < -0.3 is 20.7 Å². The molecule has 2 rings (SSSR count). The number of methoxy groups -OCH3 is 1. The number of aliphatic imine (C=N–C) groups is 1. The Labute approximate surface area is 196 Å². The number of rotatable bonds is 9. The largest absolute Gasteiger partial charge is 0.496 e. The molecule has 2 aromatic rings. The maximum atomic E-state index is 12.1. The van der Waals surface area contributed by atoms with Crippen molar-refractivity contribution in [1.29, 1.82) is 0 Å². The summed E-state index contributed by atoms with van der Waals surface area (Å²) in [6.45, 7) is 6.12. The summed E-state index contributed by atoms with van der Waals surface area (Å²) < 4.78 is 5.44. The molecule has 7 heteroatoms. The van der Waals surface area contributed by atoms with E-state index in [0.717, 1.165) is 36.7 Å². The molecule has 164 valence electrons. The third-order valence-corrected chi connectivity index (χ3v) is 4.53. The summed E-state index contributed by atoms with van der Waals surface area (Å²) in [4.78, 5) is 16.4. The summed E-state index contributed by atoms with van der Waals surface area (Å²) in [6.07, 6.45) is 1.75. The first-order valence-electron chi connectivity index (χ1n) is 10.0. The Hall–Kier alpha value is -2.29. The summed E-state index contributed by atoms with van der Waals surface area (Å²) in [5.74, 6) is 1.58. The van der Waals surface area contributed by atoms with Crippen LogP contribution in [0.3, 0.4) is 0 Å². The van der Waals surface area contributed by atoms with E-state index in [-0.39, 0.29) is 29.9 Å². The summed E-state index contributed by atoms with van der Waals surface area (Å²) in [7, 11) is 3.44. The summed E-state index contributed by atoms with van der Waals surface area (Å²) in [6, 6.07) is 13.8. The number of hydrogen-bond acceptors (Lipinski definition) is 3. The lowest BCUT2D eigenvalue weighted by atomic mass is 10.1. The summed E-state index contributed by atoms with van der Waals surface area (Å²) >= 11 is 0. The van der Waals surface area contributed by atoms with Crippen molar-refractivity contribution in [3.63, 3.8) is 0 Å². The van der Waals surface area contributed by atoms with Crippen LogP contribution in [0.15, 0.2) is 47.5 Å². The molecule has 0 bridgehead atoms. The predicted octanol–water partition coefficient (Wildman–Crippen LogP) is 3.67. The zero-order valence-corrected chi connectivity index (χ0v) is 20.6. The fourth-order valence-corrected chi connectivity index (χ4v) is 2.99. The van der Waals surface area contributed by atoms with Gasteiger partial charge in [0.2, 0.25) is 0 Å². The lowest BCUT2D eigenvalue weighted by Gasteiger charge is -2.14. The molecule has 0 aliphatic rings. The number of carbonyl (C=O) groups excluding carboxylic acids is 1. The standard InChI is InChI=1S/C23H32N4O2.HI/c1-5-12-25-22(28)20-8-6-7-18(15-20)16-27-23(24-3)26-13-11-19-14-17(2)9-10-21(19)29-4;/h6-10,14-15H,5,11-13,16H2,1-4H3,(H,25,28)(H2,24,26,27);1H. The topological polar surface area (TPSA) is 74.8 Å². The van der Waals surface area contributed by atoms with Crippen molar-refractivity contribution in [2.24, 2.45) is 4.99 Å². The minimum Gasteiger partial charge on any atom is -0.496 e. The molecule has 0 heterocycles. The number of carbonyl (C=O) groups is 1. The van der Waals surface area contributed by atoms with E-state index < -0.39 is 0 Å². The highest BCUT2D eigenvalue weighted by molar-refractivity contribution is 14.0. The van der Waals surface area contributed by atoms with Crippen LogP contribution in [0.1, 0.15) is 40.4 Å². The molecule has 0 saturated carbocycles. The molecular weight excluding hydrogens is 491 g/mol. The fraction of sp³-hybridized carbons (Fsp3) is 0.391. The number of nitrogens with one attached hydrogen (secondary N) is 3. The van der Waals surface area contributed by atoms with Crippen LogP contribution in [0.25, 0.3) is 0 Å². The molecule has 2 aromatic carbocycles. The van der Waals surface area contributed by atoms with Crippen LogP contribution in [0, 0.1) is 6.92 Å². The van der Waals surface area contributed by atoms with Crippen LogP contribution >= 0.6 is 24.0 Å². The minimum atomic E-state index is -0.0386. The van der Waals surface area contributed by atoms with E-state index in [1.165, 1.54) is 11.1 Å². The second-order valence-corrected chi connectivity index (χ2v) is 6.87. The van der Waals surface area contributed by atoms with E-state index in [4.69, 9.17) is 4.74 Å². The van der Waals surface area contributed by atoms with Crippen molar-refractivity contribution >= 4 is 35.8 Å². The van der Waals surface area contributed by atoms with Gasteiger partial charge in [0.25, 0.3) is 5.91 Å². The van der Waals surface area contributed by atoms with Crippen LogP contribution in [0.5, 0.6) is 5.75 Å². The minimum absolute atomic E-state index is 0. The van der Waals surface area contributed by atoms with Crippen LogP contribution in [-0.4, -0.2) is 39.1 Å². The van der Waals surface area contributed by atoms with Gasteiger partial charge in [0.15, 0.2) is 5.96 Å². The highest BCUT2D eigenvalue weighted by atomic mass is 127. The molecule has 0 unspecified atom stereocenters. The van der Waals surface area contributed by atoms with E-state index in [9.17, 15) is 4.79 Å². The third-order valence-electron chi connectivity index (χ3n) is 4.53. The van der Waals surface area contributed by atoms with Gasteiger partial charge >= 0.3 is 0 Å². The van der Waals surface area contributed by atoms with Crippen molar-refractivity contribution in [1.82, 2.24) is 16.0 Å². The molecule has 0 aliphatic carbocycles. The number of hydrogen-bond donors (Lipinski definition) is 3. The second-order valence-electron chi connectivity index (χ2n) is 6.87. The number of ether oxygens (including phenoxy) is 1. The van der Waals surface area contributed by atoms with E-state index in [1.54, 1.807) is 14.2 Å². The monoisotopic (exact) mass is 524 g/mol. The Bertz CT molecular complexity index is 840. The summed E-state index contributed by atoms with van der Waals surface area (Å²) in [5, 5.41) is 9.53. The molecule has 0 radical (unpaired) electrons. The van der Waals surface area contributed by atoms with Gasteiger partial charge in [-0.3, -0.25) is 9.79 Å². The van der Waals surface area contributed by atoms with Crippen LogP contribution in [0.2, 0.25) is 0 Å².